The average Bonchev–Trinajstić information content (AvgIpc) is 2.94. The Morgan fingerprint density at radius 2 is 1.55 bits per heavy atom. The molecule has 3 aromatic rings. The lowest BCUT2D eigenvalue weighted by atomic mass is 10.2. The summed E-state index contributed by atoms with van der Waals surface area (Å²) in [6.45, 7) is 8.77. The van der Waals surface area contributed by atoms with Crippen molar-refractivity contribution in [1.82, 2.24) is 5.43 Å². The van der Waals surface area contributed by atoms with Gasteiger partial charge in [-0.1, -0.05) is 24.6 Å². The van der Waals surface area contributed by atoms with Crippen LogP contribution in [-0.2, 0) is 4.79 Å². The largest absolute Gasteiger partial charge is 0.490 e. The highest BCUT2D eigenvalue weighted by atomic mass is 35.5. The second-order valence-electron chi connectivity index (χ2n) is 8.58. The summed E-state index contributed by atoms with van der Waals surface area (Å²) in [5.41, 5.74) is 5.06. The summed E-state index contributed by atoms with van der Waals surface area (Å²) in [7, 11) is 0. The SMILES string of the molecule is CCCOc1ccc(C(=O)N/N=C/c2ccc(OCC(=O)Nc3ccc(C)c(Cl)c3)c(OCC)c2)cc1OCC. The van der Waals surface area contributed by atoms with E-state index < -0.39 is 5.91 Å². The van der Waals surface area contributed by atoms with E-state index >= 15 is 0 Å². The van der Waals surface area contributed by atoms with Crippen LogP contribution in [0.25, 0.3) is 0 Å². The van der Waals surface area contributed by atoms with Gasteiger partial charge in [0.25, 0.3) is 11.8 Å². The first kappa shape index (κ1) is 30.3. The fourth-order valence-electron chi connectivity index (χ4n) is 3.48. The quantitative estimate of drug-likeness (QED) is 0.182. The molecule has 40 heavy (non-hydrogen) atoms. The molecule has 0 radical (unpaired) electrons. The molecule has 0 saturated heterocycles. The van der Waals surface area contributed by atoms with E-state index in [1.54, 1.807) is 48.5 Å². The predicted octanol–water partition coefficient (Wildman–Crippen LogP) is 6.02. The molecule has 0 unspecified atom stereocenters. The Kier molecular flexibility index (Phi) is 11.6. The number of nitrogens with zero attached hydrogens (tertiary/aromatic N) is 1. The van der Waals surface area contributed by atoms with E-state index in [0.29, 0.717) is 64.7 Å². The Hall–Kier alpha value is -4.24. The summed E-state index contributed by atoms with van der Waals surface area (Å²) < 4.78 is 22.7. The monoisotopic (exact) mass is 567 g/mol. The molecule has 0 heterocycles. The minimum absolute atomic E-state index is 0.221. The van der Waals surface area contributed by atoms with Crippen molar-refractivity contribution in [3.8, 4) is 23.0 Å². The maximum absolute atomic E-state index is 12.6. The van der Waals surface area contributed by atoms with Crippen LogP contribution < -0.4 is 29.7 Å². The van der Waals surface area contributed by atoms with E-state index in [9.17, 15) is 9.59 Å². The smallest absolute Gasteiger partial charge is 0.271 e. The Bertz CT molecular complexity index is 1350. The van der Waals surface area contributed by atoms with Gasteiger partial charge >= 0.3 is 0 Å². The first-order chi connectivity index (χ1) is 19.3. The van der Waals surface area contributed by atoms with E-state index in [1.165, 1.54) is 6.21 Å². The normalized spacial score (nSPS) is 10.7. The van der Waals surface area contributed by atoms with Crippen molar-refractivity contribution >= 4 is 35.3 Å². The van der Waals surface area contributed by atoms with Crippen molar-refractivity contribution in [2.45, 2.75) is 34.1 Å². The zero-order chi connectivity index (χ0) is 28.9. The van der Waals surface area contributed by atoms with Gasteiger partial charge in [-0.25, -0.2) is 5.43 Å². The third kappa shape index (κ3) is 8.91. The van der Waals surface area contributed by atoms with Crippen LogP contribution in [0.3, 0.4) is 0 Å². The first-order valence-corrected chi connectivity index (χ1v) is 13.4. The number of hydrogen-bond acceptors (Lipinski definition) is 7. The molecule has 0 aliphatic heterocycles. The summed E-state index contributed by atoms with van der Waals surface area (Å²) >= 11 is 6.12. The highest BCUT2D eigenvalue weighted by Crippen LogP contribution is 2.29. The lowest BCUT2D eigenvalue weighted by Crippen LogP contribution is -2.20. The zero-order valence-corrected chi connectivity index (χ0v) is 23.8. The summed E-state index contributed by atoms with van der Waals surface area (Å²) in [5, 5.41) is 7.38. The van der Waals surface area contributed by atoms with Crippen LogP contribution in [-0.4, -0.2) is 44.5 Å². The molecule has 0 aliphatic rings. The molecule has 3 rings (SSSR count). The first-order valence-electron chi connectivity index (χ1n) is 13.0. The van der Waals surface area contributed by atoms with E-state index in [1.807, 2.05) is 33.8 Å². The van der Waals surface area contributed by atoms with Gasteiger partial charge in [0.15, 0.2) is 29.6 Å². The molecular weight excluding hydrogens is 534 g/mol. The summed E-state index contributed by atoms with van der Waals surface area (Å²) in [6, 6.07) is 15.4. The van der Waals surface area contributed by atoms with Gasteiger partial charge in [0, 0.05) is 16.3 Å². The van der Waals surface area contributed by atoms with Crippen LogP contribution in [0, 0.1) is 6.92 Å². The summed E-state index contributed by atoms with van der Waals surface area (Å²) in [4.78, 5) is 25.0. The summed E-state index contributed by atoms with van der Waals surface area (Å²) in [6.07, 6.45) is 2.35. The number of hydrazone groups is 1. The molecule has 0 spiro atoms. The predicted molar refractivity (Wildman–Crippen MR) is 156 cm³/mol. The topological polar surface area (TPSA) is 107 Å². The Balaban J connectivity index is 1.61. The molecule has 10 heteroatoms. The van der Waals surface area contributed by atoms with Gasteiger partial charge in [-0.05, 0) is 86.8 Å². The van der Waals surface area contributed by atoms with Gasteiger partial charge in [0.2, 0.25) is 0 Å². The van der Waals surface area contributed by atoms with Crippen molar-refractivity contribution in [2.75, 3.05) is 31.7 Å². The molecule has 3 aromatic carbocycles. The zero-order valence-electron chi connectivity index (χ0n) is 23.1. The molecule has 0 aromatic heterocycles. The second-order valence-corrected chi connectivity index (χ2v) is 8.99. The van der Waals surface area contributed by atoms with Gasteiger partial charge in [-0.2, -0.15) is 5.10 Å². The van der Waals surface area contributed by atoms with Crippen molar-refractivity contribution in [3.63, 3.8) is 0 Å². The van der Waals surface area contributed by atoms with Crippen LogP contribution in [0.15, 0.2) is 59.7 Å². The summed E-state index contributed by atoms with van der Waals surface area (Å²) in [5.74, 6) is 1.19. The molecule has 212 valence electrons. The number of benzene rings is 3. The molecular formula is C30H34ClN3O6. The van der Waals surface area contributed by atoms with Crippen molar-refractivity contribution in [1.29, 1.82) is 0 Å². The number of amides is 2. The molecule has 0 aliphatic carbocycles. The van der Waals surface area contributed by atoms with E-state index in [2.05, 4.69) is 15.8 Å². The fraction of sp³-hybridized carbons (Fsp3) is 0.300. The lowest BCUT2D eigenvalue weighted by molar-refractivity contribution is -0.118. The highest BCUT2D eigenvalue weighted by Gasteiger charge is 2.12. The minimum Gasteiger partial charge on any atom is -0.490 e. The van der Waals surface area contributed by atoms with Crippen LogP contribution >= 0.6 is 11.6 Å². The number of carbonyl (C=O) groups excluding carboxylic acids is 2. The average molecular weight is 568 g/mol. The van der Waals surface area contributed by atoms with Gasteiger partial charge < -0.3 is 24.3 Å². The second kappa shape index (κ2) is 15.4. The van der Waals surface area contributed by atoms with Crippen molar-refractivity contribution < 1.29 is 28.5 Å². The number of halogens is 1. The molecule has 0 atom stereocenters. The molecule has 2 N–H and O–H groups in total. The Labute approximate surface area is 239 Å². The number of aryl methyl sites for hydroxylation is 1. The highest BCUT2D eigenvalue weighted by molar-refractivity contribution is 6.31. The van der Waals surface area contributed by atoms with Crippen LogP contribution in [0.4, 0.5) is 5.69 Å². The molecule has 0 fully saturated rings. The van der Waals surface area contributed by atoms with E-state index in [-0.39, 0.29) is 12.5 Å². The van der Waals surface area contributed by atoms with Crippen molar-refractivity contribution in [3.05, 3.63) is 76.3 Å². The van der Waals surface area contributed by atoms with Gasteiger partial charge in [0.1, 0.15) is 0 Å². The van der Waals surface area contributed by atoms with Crippen LogP contribution in [0.5, 0.6) is 23.0 Å². The maximum atomic E-state index is 12.6. The lowest BCUT2D eigenvalue weighted by Gasteiger charge is -2.13. The number of anilines is 1. The molecule has 0 bridgehead atoms. The third-order valence-electron chi connectivity index (χ3n) is 5.43. The maximum Gasteiger partial charge on any atom is 0.271 e. The standard InChI is InChI=1S/C30H34ClN3O6/c1-5-14-39-25-13-10-22(16-28(25)38-7-3)30(36)34-32-18-21-9-12-26(27(15-21)37-6-2)40-19-29(35)33-23-11-8-20(4)24(31)17-23/h8-13,15-18H,5-7,14,19H2,1-4H3,(H,33,35)(H,34,36)/b32-18+. The van der Waals surface area contributed by atoms with Gasteiger partial charge in [-0.3, -0.25) is 9.59 Å². The van der Waals surface area contributed by atoms with Crippen LogP contribution in [0.2, 0.25) is 5.02 Å². The van der Waals surface area contributed by atoms with Gasteiger partial charge in [0.05, 0.1) is 26.0 Å². The number of carbonyl (C=O) groups is 2. The third-order valence-corrected chi connectivity index (χ3v) is 5.84. The molecule has 0 saturated carbocycles. The minimum atomic E-state index is -0.398. The number of hydrogen-bond donors (Lipinski definition) is 2. The van der Waals surface area contributed by atoms with Crippen LogP contribution in [0.1, 0.15) is 48.7 Å². The fourth-order valence-corrected chi connectivity index (χ4v) is 3.66. The number of ether oxygens (including phenoxy) is 4. The number of nitrogens with one attached hydrogen (secondary N) is 2. The Morgan fingerprint density at radius 1 is 0.850 bits per heavy atom. The van der Waals surface area contributed by atoms with Crippen molar-refractivity contribution in [2.24, 2.45) is 5.10 Å². The van der Waals surface area contributed by atoms with Gasteiger partial charge in [-0.15, -0.1) is 0 Å². The van der Waals surface area contributed by atoms with E-state index in [0.717, 1.165) is 12.0 Å². The molecule has 9 nitrogen and oxygen atoms in total. The van der Waals surface area contributed by atoms with E-state index in [4.69, 9.17) is 30.5 Å². The number of rotatable bonds is 14. The Morgan fingerprint density at radius 3 is 2.25 bits per heavy atom. The molecule has 2 amide bonds.